The SMILES string of the molecule is O=C(c1cc2c(Cl)cccc2s1)C(F)(F)F. The molecule has 0 amide bonds. The molecule has 0 bridgehead atoms. The Morgan fingerprint density at radius 2 is 2.00 bits per heavy atom. The van der Waals surface area contributed by atoms with Crippen LogP contribution in [-0.4, -0.2) is 12.0 Å². The second-order valence-corrected chi connectivity index (χ2v) is 4.58. The van der Waals surface area contributed by atoms with Crippen LogP contribution in [0.5, 0.6) is 0 Å². The van der Waals surface area contributed by atoms with Gasteiger partial charge in [-0.3, -0.25) is 4.79 Å². The zero-order valence-electron chi connectivity index (χ0n) is 7.64. The van der Waals surface area contributed by atoms with Gasteiger partial charge in [-0.25, -0.2) is 0 Å². The van der Waals surface area contributed by atoms with Crippen molar-refractivity contribution >= 4 is 38.8 Å². The van der Waals surface area contributed by atoms with Crippen molar-refractivity contribution in [3.8, 4) is 0 Å². The Morgan fingerprint density at radius 1 is 1.31 bits per heavy atom. The van der Waals surface area contributed by atoms with Gasteiger partial charge in [0.15, 0.2) is 0 Å². The normalized spacial score (nSPS) is 12.0. The molecule has 0 aliphatic carbocycles. The number of carbonyl (C=O) groups is 1. The second-order valence-electron chi connectivity index (χ2n) is 3.09. The van der Waals surface area contributed by atoms with Gasteiger partial charge in [0, 0.05) is 15.1 Å². The molecule has 0 saturated carbocycles. The lowest BCUT2D eigenvalue weighted by atomic mass is 10.2. The number of fused-ring (bicyclic) bond motifs is 1. The van der Waals surface area contributed by atoms with Crippen molar-refractivity contribution in [2.45, 2.75) is 6.18 Å². The quantitative estimate of drug-likeness (QED) is 0.702. The molecular weight excluding hydrogens is 261 g/mol. The molecule has 1 aromatic heterocycles. The zero-order chi connectivity index (χ0) is 11.9. The van der Waals surface area contributed by atoms with Crippen molar-refractivity contribution in [3.05, 3.63) is 34.2 Å². The molecule has 0 radical (unpaired) electrons. The van der Waals surface area contributed by atoms with E-state index >= 15 is 0 Å². The fourth-order valence-corrected chi connectivity index (χ4v) is 2.61. The summed E-state index contributed by atoms with van der Waals surface area (Å²) in [5.41, 5.74) is 0. The first kappa shape index (κ1) is 11.4. The number of thiophene rings is 1. The van der Waals surface area contributed by atoms with E-state index in [1.807, 2.05) is 0 Å². The number of benzene rings is 1. The van der Waals surface area contributed by atoms with Crippen LogP contribution in [0.2, 0.25) is 5.02 Å². The van der Waals surface area contributed by atoms with Crippen molar-refractivity contribution in [2.24, 2.45) is 0 Å². The molecule has 0 saturated heterocycles. The second kappa shape index (κ2) is 3.75. The first-order valence-corrected chi connectivity index (χ1v) is 5.38. The molecule has 2 rings (SSSR count). The number of carbonyl (C=O) groups excluding carboxylic acids is 1. The predicted molar refractivity (Wildman–Crippen MR) is 57.2 cm³/mol. The molecule has 0 unspecified atom stereocenters. The highest BCUT2D eigenvalue weighted by Crippen LogP contribution is 2.34. The van der Waals surface area contributed by atoms with Gasteiger partial charge in [-0.1, -0.05) is 17.7 Å². The average molecular weight is 265 g/mol. The molecule has 1 aromatic carbocycles. The molecular formula is C10H4ClF3OS. The molecule has 0 aliphatic heterocycles. The molecule has 1 heterocycles. The lowest BCUT2D eigenvalue weighted by molar-refractivity contribution is -0.0882. The smallest absolute Gasteiger partial charge is 0.283 e. The standard InChI is InChI=1S/C10H4ClF3OS/c11-6-2-1-3-7-5(6)4-8(16-7)9(15)10(12,13)14/h1-4H. The molecule has 0 spiro atoms. The van der Waals surface area contributed by atoms with Gasteiger partial charge in [-0.2, -0.15) is 13.2 Å². The highest BCUT2D eigenvalue weighted by atomic mass is 35.5. The van der Waals surface area contributed by atoms with E-state index < -0.39 is 12.0 Å². The van der Waals surface area contributed by atoms with Crippen LogP contribution in [-0.2, 0) is 0 Å². The van der Waals surface area contributed by atoms with Crippen LogP contribution in [0.1, 0.15) is 9.67 Å². The third-order valence-electron chi connectivity index (χ3n) is 1.99. The van der Waals surface area contributed by atoms with E-state index in [2.05, 4.69) is 0 Å². The number of alkyl halides is 3. The van der Waals surface area contributed by atoms with Crippen molar-refractivity contribution in [2.75, 3.05) is 0 Å². The summed E-state index contributed by atoms with van der Waals surface area (Å²) in [7, 11) is 0. The Bertz CT molecular complexity index is 559. The summed E-state index contributed by atoms with van der Waals surface area (Å²) >= 11 is 6.60. The van der Waals surface area contributed by atoms with Crippen molar-refractivity contribution < 1.29 is 18.0 Å². The van der Waals surface area contributed by atoms with Crippen LogP contribution < -0.4 is 0 Å². The molecule has 2 aromatic rings. The van der Waals surface area contributed by atoms with Crippen LogP contribution in [0.4, 0.5) is 13.2 Å². The summed E-state index contributed by atoms with van der Waals surface area (Å²) in [6.45, 7) is 0. The Balaban J connectivity index is 2.56. The number of halogens is 4. The molecule has 1 nitrogen and oxygen atoms in total. The maximum absolute atomic E-state index is 12.2. The first-order chi connectivity index (χ1) is 7.39. The molecule has 0 atom stereocenters. The maximum atomic E-state index is 12.2. The summed E-state index contributed by atoms with van der Waals surface area (Å²) in [5, 5.41) is 0.816. The minimum absolute atomic E-state index is 0.337. The molecule has 16 heavy (non-hydrogen) atoms. The van der Waals surface area contributed by atoms with Gasteiger partial charge in [-0.05, 0) is 18.2 Å². The number of Topliss-reactive ketones (excluding diaryl/α,β-unsaturated/α-hetero) is 1. The van der Waals surface area contributed by atoms with Crippen molar-refractivity contribution in [1.82, 2.24) is 0 Å². The maximum Gasteiger partial charge on any atom is 0.455 e. The van der Waals surface area contributed by atoms with Crippen molar-refractivity contribution in [1.29, 1.82) is 0 Å². The summed E-state index contributed by atoms with van der Waals surface area (Å²) in [4.78, 5) is 10.7. The van der Waals surface area contributed by atoms with Crippen LogP contribution in [0.15, 0.2) is 24.3 Å². The molecule has 0 fully saturated rings. The lowest BCUT2D eigenvalue weighted by Crippen LogP contribution is -2.21. The Kier molecular flexibility index (Phi) is 2.67. The van der Waals surface area contributed by atoms with Gasteiger partial charge in [-0.15, -0.1) is 11.3 Å². The summed E-state index contributed by atoms with van der Waals surface area (Å²) in [6, 6.07) is 6.00. The summed E-state index contributed by atoms with van der Waals surface area (Å²) < 4.78 is 37.1. The Hall–Kier alpha value is -1.07. The first-order valence-electron chi connectivity index (χ1n) is 4.19. The number of ketones is 1. The van der Waals surface area contributed by atoms with E-state index in [4.69, 9.17) is 11.6 Å². The predicted octanol–water partition coefficient (Wildman–Crippen LogP) is 4.30. The minimum Gasteiger partial charge on any atom is -0.283 e. The zero-order valence-corrected chi connectivity index (χ0v) is 9.21. The van der Waals surface area contributed by atoms with Crippen LogP contribution in [0.25, 0.3) is 10.1 Å². The van der Waals surface area contributed by atoms with Crippen LogP contribution in [0, 0.1) is 0 Å². The summed E-state index contributed by atoms with van der Waals surface area (Å²) in [6.07, 6.45) is -4.84. The lowest BCUT2D eigenvalue weighted by Gasteiger charge is -2.00. The topological polar surface area (TPSA) is 17.1 Å². The molecule has 6 heteroatoms. The third kappa shape index (κ3) is 1.92. The van der Waals surface area contributed by atoms with Gasteiger partial charge < -0.3 is 0 Å². The van der Waals surface area contributed by atoms with Gasteiger partial charge in [0.2, 0.25) is 0 Å². The van der Waals surface area contributed by atoms with E-state index in [0.29, 0.717) is 15.1 Å². The van der Waals surface area contributed by atoms with E-state index in [1.165, 1.54) is 6.07 Å². The van der Waals surface area contributed by atoms with Crippen LogP contribution in [0.3, 0.4) is 0 Å². The number of hydrogen-bond donors (Lipinski definition) is 0. The molecule has 0 aliphatic rings. The van der Waals surface area contributed by atoms with Gasteiger partial charge in [0.05, 0.1) is 4.88 Å². The van der Waals surface area contributed by atoms with Crippen LogP contribution >= 0.6 is 22.9 Å². The van der Waals surface area contributed by atoms with Gasteiger partial charge in [0.25, 0.3) is 5.78 Å². The Morgan fingerprint density at radius 3 is 2.56 bits per heavy atom. The van der Waals surface area contributed by atoms with E-state index in [9.17, 15) is 18.0 Å². The van der Waals surface area contributed by atoms with Gasteiger partial charge in [0.1, 0.15) is 0 Å². The highest BCUT2D eigenvalue weighted by molar-refractivity contribution is 7.21. The number of rotatable bonds is 1. The van der Waals surface area contributed by atoms with Crippen molar-refractivity contribution in [3.63, 3.8) is 0 Å². The number of hydrogen-bond acceptors (Lipinski definition) is 2. The average Bonchev–Trinajstić information content (AvgIpc) is 2.60. The Labute approximate surface area is 97.4 Å². The fraction of sp³-hybridized carbons (Fsp3) is 0.100. The van der Waals surface area contributed by atoms with E-state index in [1.54, 1.807) is 18.2 Å². The fourth-order valence-electron chi connectivity index (χ4n) is 1.28. The molecule has 0 N–H and O–H groups in total. The largest absolute Gasteiger partial charge is 0.455 e. The van der Waals surface area contributed by atoms with Gasteiger partial charge >= 0.3 is 6.18 Å². The molecule has 84 valence electrons. The highest BCUT2D eigenvalue weighted by Gasteiger charge is 2.40. The van der Waals surface area contributed by atoms with E-state index in [-0.39, 0.29) is 4.88 Å². The third-order valence-corrected chi connectivity index (χ3v) is 3.42. The summed E-state index contributed by atoms with van der Waals surface area (Å²) in [5.74, 6) is -1.83. The minimum atomic E-state index is -4.84. The monoisotopic (exact) mass is 264 g/mol. The van der Waals surface area contributed by atoms with E-state index in [0.717, 1.165) is 11.3 Å².